The van der Waals surface area contributed by atoms with Gasteiger partial charge in [-0.3, -0.25) is 48.2 Å². The van der Waals surface area contributed by atoms with E-state index in [1.54, 1.807) is 77.7 Å². The van der Waals surface area contributed by atoms with E-state index >= 15 is 17.6 Å². The summed E-state index contributed by atoms with van der Waals surface area (Å²) in [6.45, 7) is 16.0. The maximum Gasteiger partial charge on any atom is 0.303 e. The lowest BCUT2D eigenvalue weighted by Crippen LogP contribution is -2.59. The zero-order valence-corrected chi connectivity index (χ0v) is 67.5. The van der Waals surface area contributed by atoms with Gasteiger partial charge in [-0.25, -0.2) is 17.6 Å². The Hall–Kier alpha value is -8.61. The van der Waals surface area contributed by atoms with Crippen molar-refractivity contribution in [2.24, 2.45) is 11.5 Å². The molecule has 2 aromatic heterocycles. The number of nitrogens with one attached hydrogen (secondary N) is 5. The number of hydrogen-bond acceptors (Lipinski definition) is 13. The van der Waals surface area contributed by atoms with Crippen LogP contribution >= 0.6 is 70.1 Å². The number of carbonyl (C=O) groups excluding carboxylic acids is 7. The van der Waals surface area contributed by atoms with Crippen molar-refractivity contribution >= 4 is 139 Å². The molecule has 10 N–H and O–H groups in total. The van der Waals surface area contributed by atoms with Crippen LogP contribution in [0.25, 0.3) is 0 Å². The number of thiophene rings is 2. The molecule has 7 amide bonds. The van der Waals surface area contributed by atoms with Crippen LogP contribution in [0.4, 0.5) is 38.9 Å². The van der Waals surface area contributed by atoms with Crippen LogP contribution in [0.5, 0.6) is 0 Å². The van der Waals surface area contributed by atoms with Crippen molar-refractivity contribution in [2.45, 2.75) is 156 Å². The molecule has 8 aromatic rings. The highest BCUT2D eigenvalue weighted by Gasteiger charge is 2.37. The van der Waals surface area contributed by atoms with Gasteiger partial charge in [0.05, 0.1) is 17.5 Å². The molecule has 0 radical (unpaired) electrons. The fourth-order valence-corrected chi connectivity index (χ4v) is 16.6. The molecule has 28 heteroatoms. The quantitative estimate of drug-likeness (QED) is 0.0169. The maximum atomic E-state index is 15.3. The SMILES string of the molecule is C.CC1(C)CN(C(=O)CCC(=O)O)CCN1Cc1cccc(C(=O)Nc2sc3c(c2C(=O)Nc2cc(F)c(CCc4ccc(C(N)=O)cc4)c(F)c2)CCCC3)c1.CC1(C)CNCCN1Cc1cccc(C(=O)Nc2sc3c(c2C(=O)Nc2cc(F)c(CCc4ccc(C(N)=O)cc4)c(F)c2)CCCC3)c1.CCI.Cl.Cl. The van der Waals surface area contributed by atoms with E-state index in [2.05, 4.69) is 79.7 Å². The Morgan fingerprint density at radius 1 is 0.514 bits per heavy atom. The molecule has 0 saturated carbocycles. The maximum absolute atomic E-state index is 15.3. The molecule has 111 heavy (non-hydrogen) atoms. The number of nitrogens with zero attached hydrogens (tertiary/aromatic N) is 3. The van der Waals surface area contributed by atoms with E-state index in [1.165, 1.54) is 27.1 Å². The molecule has 2 aliphatic carbocycles. The zero-order chi connectivity index (χ0) is 77.6. The summed E-state index contributed by atoms with van der Waals surface area (Å²) >= 11 is 5.02. The molecule has 0 spiro atoms. The average Bonchev–Trinajstić information content (AvgIpc) is 1.69. The van der Waals surface area contributed by atoms with Gasteiger partial charge >= 0.3 is 5.97 Å². The van der Waals surface area contributed by atoms with Gasteiger partial charge in [0.1, 0.15) is 33.3 Å². The normalized spacial score (nSPS) is 14.8. The molecule has 12 rings (SSSR count). The first kappa shape index (κ1) is 89.6. The number of amides is 7. The summed E-state index contributed by atoms with van der Waals surface area (Å²) in [6, 6.07) is 32.2. The summed E-state index contributed by atoms with van der Waals surface area (Å²) in [4.78, 5) is 110. The highest BCUT2D eigenvalue weighted by molar-refractivity contribution is 14.1. The number of rotatable bonds is 23. The number of fused-ring (bicyclic) bond motifs is 2. The van der Waals surface area contributed by atoms with Gasteiger partial charge in [-0.2, -0.15) is 0 Å². The van der Waals surface area contributed by atoms with E-state index in [9.17, 15) is 38.4 Å². The summed E-state index contributed by atoms with van der Waals surface area (Å²) in [7, 11) is 0. The smallest absolute Gasteiger partial charge is 0.303 e. The summed E-state index contributed by atoms with van der Waals surface area (Å²) in [5.41, 5.74) is 17.3. The van der Waals surface area contributed by atoms with Crippen LogP contribution in [0.2, 0.25) is 0 Å². The average molecular weight is 1720 g/mol. The Morgan fingerprint density at radius 3 is 1.31 bits per heavy atom. The zero-order valence-electron chi connectivity index (χ0n) is 62.0. The van der Waals surface area contributed by atoms with Gasteiger partial charge in [0.2, 0.25) is 17.7 Å². The number of piperazine rings is 2. The Kier molecular flexibility index (Phi) is 32.9. The van der Waals surface area contributed by atoms with E-state index in [0.29, 0.717) is 96.2 Å². The number of nitrogens with two attached hydrogens (primary N) is 2. The lowest BCUT2D eigenvalue weighted by molar-refractivity contribution is -0.142. The number of carboxylic acid groups (broad SMARTS) is 1. The molecule has 4 heterocycles. The van der Waals surface area contributed by atoms with Crippen molar-refractivity contribution < 1.29 is 61.0 Å². The number of carboxylic acids is 1. The van der Waals surface area contributed by atoms with Crippen LogP contribution in [0.1, 0.15) is 197 Å². The molecule has 0 atom stereocenters. The van der Waals surface area contributed by atoms with Crippen molar-refractivity contribution in [2.75, 3.05) is 65.0 Å². The minimum Gasteiger partial charge on any atom is -0.481 e. The summed E-state index contributed by atoms with van der Waals surface area (Å²) in [6.07, 6.45) is 7.14. The number of hydrogen-bond donors (Lipinski definition) is 8. The van der Waals surface area contributed by atoms with E-state index in [4.69, 9.17) is 16.6 Å². The molecule has 19 nitrogen and oxygen atoms in total. The predicted octanol–water partition coefficient (Wildman–Crippen LogP) is 16.0. The lowest BCUT2D eigenvalue weighted by Gasteiger charge is -2.47. The predicted molar refractivity (Wildman–Crippen MR) is 445 cm³/mol. The first-order valence-electron chi connectivity index (χ1n) is 36.3. The highest BCUT2D eigenvalue weighted by atomic mass is 127. The number of alkyl halides is 1. The van der Waals surface area contributed by atoms with E-state index in [1.807, 2.05) is 38.1 Å². The Morgan fingerprint density at radius 2 is 0.919 bits per heavy atom. The number of aliphatic carboxylic acids is 1. The summed E-state index contributed by atoms with van der Waals surface area (Å²) in [5, 5.41) is 24.5. The first-order valence-corrected chi connectivity index (χ1v) is 39.5. The van der Waals surface area contributed by atoms with Gasteiger partial charge in [-0.1, -0.05) is 85.5 Å². The van der Waals surface area contributed by atoms with Crippen molar-refractivity contribution in [1.82, 2.24) is 20.0 Å². The Labute approximate surface area is 679 Å². The van der Waals surface area contributed by atoms with Crippen LogP contribution in [-0.2, 0) is 74.0 Å². The van der Waals surface area contributed by atoms with Crippen LogP contribution in [0.15, 0.2) is 121 Å². The van der Waals surface area contributed by atoms with Gasteiger partial charge in [-0.05, 0) is 215 Å². The molecule has 6 aromatic carbocycles. The van der Waals surface area contributed by atoms with E-state index in [0.717, 1.165) is 126 Å². The third-order valence-electron chi connectivity index (χ3n) is 19.9. The van der Waals surface area contributed by atoms with Gasteiger partial charge < -0.3 is 48.1 Å². The highest BCUT2D eigenvalue weighted by Crippen LogP contribution is 2.41. The first-order chi connectivity index (χ1) is 51.6. The second-order valence-corrected chi connectivity index (χ2v) is 32.4. The number of anilines is 4. The molecule has 2 fully saturated rings. The molecule has 4 aliphatic rings. The number of halogens is 7. The molecule has 2 saturated heterocycles. The van der Waals surface area contributed by atoms with E-state index < -0.39 is 64.3 Å². The number of aryl methyl sites for hydroxylation is 4. The fraction of sp³-hybridized carbons (Fsp3) is 0.373. The second-order valence-electron chi connectivity index (χ2n) is 28.6. The third kappa shape index (κ3) is 23.5. The molecule has 2 aliphatic heterocycles. The number of primary amides is 2. The van der Waals surface area contributed by atoms with Crippen molar-refractivity contribution in [1.29, 1.82) is 0 Å². The van der Waals surface area contributed by atoms with Crippen molar-refractivity contribution in [3.63, 3.8) is 0 Å². The van der Waals surface area contributed by atoms with Crippen LogP contribution in [-0.4, -0.2) is 122 Å². The monoisotopic (exact) mass is 1710 g/mol. The topological polar surface area (TPSA) is 279 Å². The Balaban J connectivity index is 0.000000292. The van der Waals surface area contributed by atoms with E-state index in [-0.39, 0.29) is 103 Å². The van der Waals surface area contributed by atoms with Crippen molar-refractivity contribution in [3.05, 3.63) is 232 Å². The minimum absolute atomic E-state index is 0. The molecule has 0 unspecified atom stereocenters. The van der Waals surface area contributed by atoms with Gasteiger partial charge in [0, 0.05) is 124 Å². The van der Waals surface area contributed by atoms with Gasteiger partial charge in [-0.15, -0.1) is 47.5 Å². The second kappa shape index (κ2) is 40.7. The number of carbonyl (C=O) groups is 8. The molecule has 0 bridgehead atoms. The number of benzene rings is 6. The minimum atomic E-state index is -1.01. The van der Waals surface area contributed by atoms with Crippen LogP contribution < -0.4 is 38.1 Å². The molecular formula is C83H97Cl2F4IN10O9S2. The third-order valence-corrected chi connectivity index (χ3v) is 22.3. The fourth-order valence-electron chi connectivity index (χ4n) is 14.0. The van der Waals surface area contributed by atoms with Crippen molar-refractivity contribution in [3.8, 4) is 0 Å². The molecule has 594 valence electrons. The lowest BCUT2D eigenvalue weighted by atomic mass is 9.95. The summed E-state index contributed by atoms with van der Waals surface area (Å²) in [5.74, 6) is -7.26. The standard InChI is InChI=1S/C42H45F2N5O6S.C38H41F2N5O3S.C2H5I.CH4.2ClH/c1-42(2)24-48(35(50)16-17-36(51)52)18-19-49(42)23-26-6-5-7-28(20-26)39(54)47-41-37(31-8-3-4-9-34(31)56-41)40(55)46-29-21-32(43)30(33(44)22-29)15-12-25-10-13-27(14-11-25)38(45)53;1-38(2)22-42-16-17-45(38)21-24-6-5-7-26(18-24)35(47)44-37-33(29-8-3-4-9-32(29)49-37)36(48)43-27-19-30(39)28(31(40)20-27)15-12-23-10-13-25(14-11-23)34(41)46;1-2-3;;;/h5-7,10-11,13-14,20-22H,3-4,8-9,12,15-19,23-24H2,1-2H3,(H2,45,53)(H,46,55)(H,47,54)(H,51,52);5-7,10-11,13-14,18-20,42H,3-4,8-9,12,15-17,21-22H2,1-2H3,(H2,41,46)(H,43,48)(H,44,47);2H2,1H3;1H4;2*1H. The van der Waals surface area contributed by atoms with Crippen LogP contribution in [0, 0.1) is 23.3 Å². The van der Waals surface area contributed by atoms with Gasteiger partial charge in [0.25, 0.3) is 23.6 Å². The van der Waals surface area contributed by atoms with Gasteiger partial charge in [0.15, 0.2) is 0 Å². The largest absolute Gasteiger partial charge is 0.481 e. The summed E-state index contributed by atoms with van der Waals surface area (Å²) < 4.78 is 62.2. The Bertz CT molecular complexity index is 4630. The van der Waals surface area contributed by atoms with Crippen LogP contribution in [0.3, 0.4) is 0 Å². The molecular weight excluding hydrogens is 1620 g/mol.